The maximum Gasteiger partial charge on any atom is 0.306 e. The van der Waals surface area contributed by atoms with E-state index in [1.54, 1.807) is 12.1 Å². The minimum absolute atomic E-state index is 0.352. The molecule has 0 heterocycles. The summed E-state index contributed by atoms with van der Waals surface area (Å²) in [6, 6.07) is 7.08. The van der Waals surface area contributed by atoms with Crippen LogP contribution in [-0.4, -0.2) is 21.2 Å². The highest BCUT2D eigenvalue weighted by Gasteiger charge is 2.03. The van der Waals surface area contributed by atoms with Gasteiger partial charge < -0.3 is 9.92 Å². The third kappa shape index (κ3) is 5.14. The van der Waals surface area contributed by atoms with Crippen LogP contribution in [0.15, 0.2) is 24.3 Å². The second-order valence-corrected chi connectivity index (χ2v) is 5.25. The third-order valence-corrected chi connectivity index (χ3v) is 2.59. The molecule has 0 aliphatic rings. The Kier molecular flexibility index (Phi) is 4.76. The number of hydrogen-bond donors (Lipinski definition) is 1. The van der Waals surface area contributed by atoms with E-state index in [-0.39, 0.29) is 0 Å². The monoisotopic (exact) mass is 243 g/mol. The molecule has 0 unspecified atom stereocenters. The number of aryl methyl sites for hydroxylation is 1. The van der Waals surface area contributed by atoms with E-state index in [1.807, 2.05) is 12.1 Å². The first-order valence-corrected chi connectivity index (χ1v) is 7.01. The molecule has 1 rings (SSSR count). The fourth-order valence-corrected chi connectivity index (χ4v) is 1.82. The Hall–Kier alpha value is -1.07. The molecule has 2 N–H and O–H groups in total. The van der Waals surface area contributed by atoms with Gasteiger partial charge in [0.15, 0.2) is 0 Å². The molecule has 0 aliphatic heterocycles. The number of rotatable bonds is 6. The summed E-state index contributed by atoms with van der Waals surface area (Å²) in [6.07, 6.45) is 4.03. The summed E-state index contributed by atoms with van der Waals surface area (Å²) in [7, 11) is -3.43. The first kappa shape index (κ1) is 13.0. The standard InChI is InChI=1S/C11H17NO3S/c1-16(13,14)15-11-7-5-10(6-8-11)4-2-3-9-12/h5-8H,2-4,9,12H2,1H3. The zero-order valence-corrected chi connectivity index (χ0v) is 10.2. The van der Waals surface area contributed by atoms with Gasteiger partial charge in [-0.3, -0.25) is 0 Å². The largest absolute Gasteiger partial charge is 0.383 e. The lowest BCUT2D eigenvalue weighted by atomic mass is 10.1. The summed E-state index contributed by atoms with van der Waals surface area (Å²) in [5, 5.41) is 0. The molecule has 0 radical (unpaired) electrons. The predicted molar refractivity (Wildman–Crippen MR) is 63.9 cm³/mol. The van der Waals surface area contributed by atoms with Crippen molar-refractivity contribution in [1.29, 1.82) is 0 Å². The average Bonchev–Trinajstić information content (AvgIpc) is 2.19. The number of nitrogens with two attached hydrogens (primary N) is 1. The van der Waals surface area contributed by atoms with Gasteiger partial charge in [-0.1, -0.05) is 12.1 Å². The smallest absolute Gasteiger partial charge is 0.306 e. The van der Waals surface area contributed by atoms with E-state index in [1.165, 1.54) is 0 Å². The highest BCUT2D eigenvalue weighted by molar-refractivity contribution is 7.86. The zero-order chi connectivity index (χ0) is 12.0. The highest BCUT2D eigenvalue weighted by Crippen LogP contribution is 2.15. The van der Waals surface area contributed by atoms with Gasteiger partial charge in [0.1, 0.15) is 5.75 Å². The molecule has 1 aromatic carbocycles. The van der Waals surface area contributed by atoms with Crippen LogP contribution < -0.4 is 9.92 Å². The average molecular weight is 243 g/mol. The summed E-state index contributed by atoms with van der Waals surface area (Å²) in [6.45, 7) is 0.704. The number of hydrogen-bond acceptors (Lipinski definition) is 4. The first-order chi connectivity index (χ1) is 7.51. The summed E-state index contributed by atoms with van der Waals surface area (Å²) in [4.78, 5) is 0. The molecule has 0 fully saturated rings. The Balaban J connectivity index is 2.54. The molecule has 0 atom stereocenters. The van der Waals surface area contributed by atoms with Crippen molar-refractivity contribution < 1.29 is 12.6 Å². The summed E-state index contributed by atoms with van der Waals surface area (Å²) < 4.78 is 26.5. The van der Waals surface area contributed by atoms with Crippen molar-refractivity contribution in [1.82, 2.24) is 0 Å². The first-order valence-electron chi connectivity index (χ1n) is 5.20. The van der Waals surface area contributed by atoms with Crippen LogP contribution in [0.1, 0.15) is 18.4 Å². The van der Waals surface area contributed by atoms with Crippen LogP contribution in [0, 0.1) is 0 Å². The van der Waals surface area contributed by atoms with E-state index in [9.17, 15) is 8.42 Å². The number of unbranched alkanes of at least 4 members (excludes halogenated alkanes) is 1. The van der Waals surface area contributed by atoms with Crippen LogP contribution in [0.2, 0.25) is 0 Å². The molecular formula is C11H17NO3S. The van der Waals surface area contributed by atoms with Crippen molar-refractivity contribution in [3.8, 4) is 5.75 Å². The minimum atomic E-state index is -3.43. The number of benzene rings is 1. The van der Waals surface area contributed by atoms with E-state index >= 15 is 0 Å². The molecule has 16 heavy (non-hydrogen) atoms. The predicted octanol–water partition coefficient (Wildman–Crippen LogP) is 1.31. The molecule has 0 spiro atoms. The molecule has 0 aromatic heterocycles. The molecule has 4 nitrogen and oxygen atoms in total. The Morgan fingerprint density at radius 2 is 1.81 bits per heavy atom. The zero-order valence-electron chi connectivity index (χ0n) is 9.35. The topological polar surface area (TPSA) is 69.4 Å². The molecule has 0 amide bonds. The SMILES string of the molecule is CS(=O)(=O)Oc1ccc(CCCCN)cc1. The second kappa shape index (κ2) is 5.86. The normalized spacial score (nSPS) is 11.4. The molecular weight excluding hydrogens is 226 g/mol. The van der Waals surface area contributed by atoms with Crippen LogP contribution >= 0.6 is 0 Å². The van der Waals surface area contributed by atoms with E-state index in [4.69, 9.17) is 9.92 Å². The maximum absolute atomic E-state index is 10.9. The minimum Gasteiger partial charge on any atom is -0.383 e. The van der Waals surface area contributed by atoms with Crippen LogP contribution in [0.25, 0.3) is 0 Å². The van der Waals surface area contributed by atoms with Crippen LogP contribution in [0.5, 0.6) is 5.75 Å². The van der Waals surface area contributed by atoms with Crippen LogP contribution in [0.4, 0.5) is 0 Å². The molecule has 1 aromatic rings. The Morgan fingerprint density at radius 3 is 2.31 bits per heavy atom. The summed E-state index contributed by atoms with van der Waals surface area (Å²) >= 11 is 0. The molecule has 5 heteroatoms. The van der Waals surface area contributed by atoms with Gasteiger partial charge in [0, 0.05) is 0 Å². The maximum atomic E-state index is 10.9. The van der Waals surface area contributed by atoms with Crippen molar-refractivity contribution in [2.75, 3.05) is 12.8 Å². The summed E-state index contributed by atoms with van der Waals surface area (Å²) in [5.41, 5.74) is 6.56. The van der Waals surface area contributed by atoms with Crippen LogP contribution in [-0.2, 0) is 16.5 Å². The van der Waals surface area contributed by atoms with Crippen molar-refractivity contribution in [2.24, 2.45) is 5.73 Å². The van der Waals surface area contributed by atoms with Crippen molar-refractivity contribution >= 4 is 10.1 Å². The van der Waals surface area contributed by atoms with Crippen molar-refractivity contribution in [2.45, 2.75) is 19.3 Å². The molecule has 0 bridgehead atoms. The lowest BCUT2D eigenvalue weighted by molar-refractivity contribution is 0.493. The Morgan fingerprint density at radius 1 is 1.19 bits per heavy atom. The van der Waals surface area contributed by atoms with Crippen molar-refractivity contribution in [3.63, 3.8) is 0 Å². The lowest BCUT2D eigenvalue weighted by Gasteiger charge is -2.04. The third-order valence-electron chi connectivity index (χ3n) is 2.09. The molecule has 0 saturated heterocycles. The van der Waals surface area contributed by atoms with Gasteiger partial charge in [-0.25, -0.2) is 0 Å². The van der Waals surface area contributed by atoms with E-state index in [2.05, 4.69) is 0 Å². The Labute approximate surface area is 96.5 Å². The van der Waals surface area contributed by atoms with Gasteiger partial charge in [0.05, 0.1) is 6.26 Å². The van der Waals surface area contributed by atoms with Gasteiger partial charge in [0.2, 0.25) is 0 Å². The van der Waals surface area contributed by atoms with Gasteiger partial charge >= 0.3 is 10.1 Å². The summed E-state index contributed by atoms with van der Waals surface area (Å²) in [5.74, 6) is 0.352. The second-order valence-electron chi connectivity index (χ2n) is 3.68. The molecule has 90 valence electrons. The van der Waals surface area contributed by atoms with Gasteiger partial charge in [-0.2, -0.15) is 8.42 Å². The van der Waals surface area contributed by atoms with E-state index in [0.717, 1.165) is 31.1 Å². The van der Waals surface area contributed by atoms with Crippen molar-refractivity contribution in [3.05, 3.63) is 29.8 Å². The fraction of sp³-hybridized carbons (Fsp3) is 0.455. The van der Waals surface area contributed by atoms with Gasteiger partial charge in [0.25, 0.3) is 0 Å². The fourth-order valence-electron chi connectivity index (χ4n) is 1.36. The molecule has 0 saturated carbocycles. The van der Waals surface area contributed by atoms with E-state index < -0.39 is 10.1 Å². The Bertz CT molecular complexity index is 411. The quantitative estimate of drug-likeness (QED) is 0.604. The van der Waals surface area contributed by atoms with Gasteiger partial charge in [-0.05, 0) is 43.5 Å². The lowest BCUT2D eigenvalue weighted by Crippen LogP contribution is -2.05. The van der Waals surface area contributed by atoms with E-state index in [0.29, 0.717) is 12.3 Å². The van der Waals surface area contributed by atoms with Crippen LogP contribution in [0.3, 0.4) is 0 Å². The molecule has 0 aliphatic carbocycles. The van der Waals surface area contributed by atoms with Gasteiger partial charge in [-0.15, -0.1) is 0 Å². The highest BCUT2D eigenvalue weighted by atomic mass is 32.2.